The van der Waals surface area contributed by atoms with Crippen molar-refractivity contribution >= 4 is 21.6 Å². The average molecular weight is 403 g/mol. The third-order valence-corrected chi connectivity index (χ3v) is 7.27. The van der Waals surface area contributed by atoms with Gasteiger partial charge in [-0.05, 0) is 55.7 Å². The third-order valence-electron chi connectivity index (χ3n) is 5.38. The van der Waals surface area contributed by atoms with E-state index in [9.17, 15) is 13.2 Å². The van der Waals surface area contributed by atoms with E-state index in [-0.39, 0.29) is 5.91 Å². The minimum Gasteiger partial charge on any atom is -0.325 e. The van der Waals surface area contributed by atoms with Crippen molar-refractivity contribution in [3.8, 4) is 0 Å². The molecule has 1 amide bonds. The molecule has 0 bridgehead atoms. The van der Waals surface area contributed by atoms with Gasteiger partial charge in [0.05, 0.1) is 31.1 Å². The highest BCUT2D eigenvalue weighted by Gasteiger charge is 2.31. The molecule has 0 spiro atoms. The number of aryl methyl sites for hydroxylation is 3. The predicted molar refractivity (Wildman–Crippen MR) is 110 cm³/mol. The van der Waals surface area contributed by atoms with E-state index in [4.69, 9.17) is 0 Å². The van der Waals surface area contributed by atoms with Crippen LogP contribution in [0.25, 0.3) is 0 Å². The lowest BCUT2D eigenvalue weighted by atomic mass is 10.1. The summed E-state index contributed by atoms with van der Waals surface area (Å²) >= 11 is 0. The maximum Gasteiger partial charge on any atom is 0.279 e. The zero-order valence-corrected chi connectivity index (χ0v) is 17.5. The molecule has 1 heterocycles. The number of nitrogens with one attached hydrogen (secondary N) is 2. The van der Waals surface area contributed by atoms with E-state index in [1.165, 1.54) is 4.31 Å². The molecule has 28 heavy (non-hydrogen) atoms. The largest absolute Gasteiger partial charge is 0.325 e. The van der Waals surface area contributed by atoms with Crippen molar-refractivity contribution in [2.24, 2.45) is 0 Å². The summed E-state index contributed by atoms with van der Waals surface area (Å²) < 4.78 is 27.3. The van der Waals surface area contributed by atoms with Gasteiger partial charge >= 0.3 is 0 Å². The summed E-state index contributed by atoms with van der Waals surface area (Å²) in [5.41, 5.74) is 3.89. The Labute approximate surface area is 167 Å². The standard InChI is InChI=1S/C21H27N3O3S/c1-16-8-9-19(14-18(16)3)28(26,27)24-12-10-23(11-13-24)15-21(25)22-20-7-5-4-6-17(20)2/h4-9,14H,10-13,15H2,1-3H3,(H,22,25)/p+1. The third kappa shape index (κ3) is 4.60. The second-order valence-corrected chi connectivity index (χ2v) is 9.38. The van der Waals surface area contributed by atoms with Crippen LogP contribution in [-0.4, -0.2) is 51.4 Å². The fraction of sp³-hybridized carbons (Fsp3) is 0.381. The number of benzene rings is 2. The summed E-state index contributed by atoms with van der Waals surface area (Å²) in [7, 11) is -3.49. The molecule has 0 saturated carbocycles. The van der Waals surface area contributed by atoms with Gasteiger partial charge in [-0.15, -0.1) is 0 Å². The molecule has 0 unspecified atom stereocenters. The number of rotatable bonds is 5. The summed E-state index contributed by atoms with van der Waals surface area (Å²) in [5, 5.41) is 2.94. The van der Waals surface area contributed by atoms with Gasteiger partial charge in [0.15, 0.2) is 6.54 Å². The van der Waals surface area contributed by atoms with Gasteiger partial charge in [-0.2, -0.15) is 4.31 Å². The highest BCUT2D eigenvalue weighted by atomic mass is 32.2. The Balaban J connectivity index is 1.57. The molecular weight excluding hydrogens is 374 g/mol. The van der Waals surface area contributed by atoms with Crippen molar-refractivity contribution in [1.82, 2.24) is 4.31 Å². The number of amides is 1. The number of hydrogen-bond donors (Lipinski definition) is 2. The van der Waals surface area contributed by atoms with E-state index in [1.54, 1.807) is 12.1 Å². The molecule has 2 aromatic rings. The molecule has 1 aliphatic rings. The highest BCUT2D eigenvalue weighted by molar-refractivity contribution is 7.89. The predicted octanol–water partition coefficient (Wildman–Crippen LogP) is 1.14. The van der Waals surface area contributed by atoms with Crippen LogP contribution in [0.3, 0.4) is 0 Å². The van der Waals surface area contributed by atoms with Crippen LogP contribution in [0.2, 0.25) is 0 Å². The van der Waals surface area contributed by atoms with Crippen molar-refractivity contribution in [3.05, 3.63) is 59.2 Å². The number of sulfonamides is 1. The zero-order chi connectivity index (χ0) is 20.3. The Morgan fingerprint density at radius 3 is 2.32 bits per heavy atom. The van der Waals surface area contributed by atoms with Crippen LogP contribution in [0.5, 0.6) is 0 Å². The van der Waals surface area contributed by atoms with Gasteiger partial charge < -0.3 is 10.2 Å². The normalized spacial score (nSPS) is 16.1. The summed E-state index contributed by atoms with van der Waals surface area (Å²) in [5.74, 6) is -0.0465. The molecule has 0 aromatic heterocycles. The van der Waals surface area contributed by atoms with Crippen LogP contribution in [0.15, 0.2) is 47.4 Å². The molecule has 2 aromatic carbocycles. The molecular formula is C21H28N3O3S+. The van der Waals surface area contributed by atoms with Crippen LogP contribution < -0.4 is 10.2 Å². The van der Waals surface area contributed by atoms with E-state index < -0.39 is 10.0 Å². The van der Waals surface area contributed by atoms with Crippen LogP contribution in [0, 0.1) is 20.8 Å². The van der Waals surface area contributed by atoms with Gasteiger partial charge in [-0.3, -0.25) is 4.79 Å². The smallest absolute Gasteiger partial charge is 0.279 e. The topological polar surface area (TPSA) is 70.9 Å². The first-order valence-corrected chi connectivity index (χ1v) is 11.0. The van der Waals surface area contributed by atoms with E-state index in [0.29, 0.717) is 37.6 Å². The van der Waals surface area contributed by atoms with E-state index >= 15 is 0 Å². The van der Waals surface area contributed by atoms with Crippen molar-refractivity contribution < 1.29 is 18.1 Å². The summed E-state index contributed by atoms with van der Waals surface area (Å²) in [6, 6.07) is 12.9. The lowest BCUT2D eigenvalue weighted by Crippen LogP contribution is -3.15. The lowest BCUT2D eigenvalue weighted by molar-refractivity contribution is -0.895. The van der Waals surface area contributed by atoms with Crippen LogP contribution in [-0.2, 0) is 14.8 Å². The molecule has 150 valence electrons. The molecule has 3 rings (SSSR count). The van der Waals surface area contributed by atoms with Crippen molar-refractivity contribution in [3.63, 3.8) is 0 Å². The van der Waals surface area contributed by atoms with Crippen LogP contribution >= 0.6 is 0 Å². The van der Waals surface area contributed by atoms with E-state index in [0.717, 1.165) is 27.3 Å². The first-order valence-electron chi connectivity index (χ1n) is 9.54. The van der Waals surface area contributed by atoms with Gasteiger partial charge in [0, 0.05) is 5.69 Å². The number of hydrogen-bond acceptors (Lipinski definition) is 3. The fourth-order valence-electron chi connectivity index (χ4n) is 3.38. The number of carbonyl (C=O) groups is 1. The Morgan fingerprint density at radius 2 is 1.68 bits per heavy atom. The molecule has 1 aliphatic heterocycles. The van der Waals surface area contributed by atoms with E-state index in [1.807, 2.05) is 51.1 Å². The zero-order valence-electron chi connectivity index (χ0n) is 16.7. The number of piperazine rings is 1. The Morgan fingerprint density at radius 1 is 1.00 bits per heavy atom. The number of carbonyl (C=O) groups excluding carboxylic acids is 1. The van der Waals surface area contributed by atoms with Gasteiger partial charge in [-0.25, -0.2) is 8.42 Å². The van der Waals surface area contributed by atoms with Crippen molar-refractivity contribution in [2.45, 2.75) is 25.7 Å². The number of para-hydroxylation sites is 1. The quantitative estimate of drug-likeness (QED) is 0.788. The summed E-state index contributed by atoms with van der Waals surface area (Å²) in [4.78, 5) is 13.8. The molecule has 2 N–H and O–H groups in total. The minimum atomic E-state index is -3.49. The second-order valence-electron chi connectivity index (χ2n) is 7.44. The molecule has 1 fully saturated rings. The molecule has 0 atom stereocenters. The molecule has 7 heteroatoms. The van der Waals surface area contributed by atoms with Crippen molar-refractivity contribution in [2.75, 3.05) is 38.0 Å². The fourth-order valence-corrected chi connectivity index (χ4v) is 4.90. The number of quaternary nitrogens is 1. The van der Waals surface area contributed by atoms with Gasteiger partial charge in [0.1, 0.15) is 0 Å². The number of nitrogens with zero attached hydrogens (tertiary/aromatic N) is 1. The first-order chi connectivity index (χ1) is 13.3. The maximum absolute atomic E-state index is 12.9. The molecule has 1 saturated heterocycles. The molecule has 6 nitrogen and oxygen atoms in total. The molecule has 0 radical (unpaired) electrons. The Bertz CT molecular complexity index is 965. The maximum atomic E-state index is 12.9. The first kappa shape index (κ1) is 20.5. The second kappa shape index (κ2) is 8.43. The monoisotopic (exact) mass is 402 g/mol. The lowest BCUT2D eigenvalue weighted by Gasteiger charge is -2.31. The Hall–Kier alpha value is -2.22. The van der Waals surface area contributed by atoms with Crippen LogP contribution in [0.4, 0.5) is 5.69 Å². The summed E-state index contributed by atoms with van der Waals surface area (Å²) in [6.07, 6.45) is 0. The van der Waals surface area contributed by atoms with E-state index in [2.05, 4.69) is 5.32 Å². The highest BCUT2D eigenvalue weighted by Crippen LogP contribution is 2.19. The van der Waals surface area contributed by atoms with Gasteiger partial charge in [-0.1, -0.05) is 24.3 Å². The molecule has 0 aliphatic carbocycles. The van der Waals surface area contributed by atoms with Gasteiger partial charge in [0.2, 0.25) is 10.0 Å². The summed E-state index contributed by atoms with van der Waals surface area (Å²) in [6.45, 7) is 8.26. The SMILES string of the molecule is Cc1ccc(S(=O)(=O)N2CC[NH+](CC(=O)Nc3ccccc3C)CC2)cc1C. The average Bonchev–Trinajstić information content (AvgIpc) is 2.66. The number of anilines is 1. The van der Waals surface area contributed by atoms with Crippen molar-refractivity contribution in [1.29, 1.82) is 0 Å². The van der Waals surface area contributed by atoms with Gasteiger partial charge in [0.25, 0.3) is 5.91 Å². The Kier molecular flexibility index (Phi) is 6.17. The minimum absolute atomic E-state index is 0.0465. The van der Waals surface area contributed by atoms with Crippen LogP contribution in [0.1, 0.15) is 16.7 Å².